The molecule has 1 aliphatic carbocycles. The van der Waals surface area contributed by atoms with Crippen LogP contribution in [0.5, 0.6) is 0 Å². The summed E-state index contributed by atoms with van der Waals surface area (Å²) in [7, 11) is 0. The lowest BCUT2D eigenvalue weighted by molar-refractivity contribution is -0.137. The summed E-state index contributed by atoms with van der Waals surface area (Å²) in [5.41, 5.74) is 1.86. The van der Waals surface area contributed by atoms with Crippen LogP contribution >= 0.6 is 23.2 Å². The number of imide groups is 1. The van der Waals surface area contributed by atoms with E-state index in [9.17, 15) is 28.8 Å². The van der Waals surface area contributed by atoms with Gasteiger partial charge >= 0.3 is 0 Å². The molecular formula is C48H43Cl2FN6O6. The zero-order valence-electron chi connectivity index (χ0n) is 34.0. The second-order valence-corrected chi connectivity index (χ2v) is 17.7. The second kappa shape index (κ2) is 16.9. The van der Waals surface area contributed by atoms with Crippen molar-refractivity contribution >= 4 is 70.0 Å². The Labute approximate surface area is 373 Å². The van der Waals surface area contributed by atoms with Crippen LogP contribution in [-0.4, -0.2) is 64.5 Å². The van der Waals surface area contributed by atoms with Gasteiger partial charge in [-0.25, -0.2) is 4.39 Å². The Balaban J connectivity index is 0.846. The van der Waals surface area contributed by atoms with Crippen LogP contribution < -0.4 is 26.6 Å². The van der Waals surface area contributed by atoms with E-state index in [0.29, 0.717) is 83.8 Å². The predicted molar refractivity (Wildman–Crippen MR) is 235 cm³/mol. The van der Waals surface area contributed by atoms with Gasteiger partial charge in [0.25, 0.3) is 11.8 Å². The highest BCUT2D eigenvalue weighted by Crippen LogP contribution is 2.63. The zero-order valence-corrected chi connectivity index (χ0v) is 35.6. The Morgan fingerprint density at radius 3 is 2.49 bits per heavy atom. The third kappa shape index (κ3) is 7.43. The molecule has 4 atom stereocenters. The van der Waals surface area contributed by atoms with Crippen LogP contribution in [0.25, 0.3) is 0 Å². The van der Waals surface area contributed by atoms with Crippen LogP contribution in [-0.2, 0) is 31.1 Å². The summed E-state index contributed by atoms with van der Waals surface area (Å²) in [5.74, 6) is 2.36. The predicted octanol–water partition coefficient (Wildman–Crippen LogP) is 6.74. The molecule has 4 aromatic rings. The molecule has 15 heteroatoms. The van der Waals surface area contributed by atoms with Gasteiger partial charge in [-0.2, -0.15) is 0 Å². The van der Waals surface area contributed by atoms with Crippen LogP contribution in [0.3, 0.4) is 0 Å². The van der Waals surface area contributed by atoms with E-state index in [2.05, 4.69) is 38.4 Å². The molecule has 2 saturated heterocycles. The van der Waals surface area contributed by atoms with Crippen LogP contribution in [0, 0.1) is 17.7 Å². The highest BCUT2D eigenvalue weighted by molar-refractivity contribution is 6.31. The van der Waals surface area contributed by atoms with Gasteiger partial charge in [0, 0.05) is 70.5 Å². The van der Waals surface area contributed by atoms with Gasteiger partial charge in [0.15, 0.2) is 0 Å². The quantitative estimate of drug-likeness (QED) is 0.0743. The van der Waals surface area contributed by atoms with Crippen molar-refractivity contribution in [2.75, 3.05) is 17.2 Å². The van der Waals surface area contributed by atoms with Crippen LogP contribution in [0.1, 0.15) is 107 Å². The van der Waals surface area contributed by atoms with E-state index >= 15 is 4.39 Å². The van der Waals surface area contributed by atoms with Gasteiger partial charge in [0.2, 0.25) is 23.6 Å². The highest BCUT2D eigenvalue weighted by Gasteiger charge is 2.72. The van der Waals surface area contributed by atoms with Crippen molar-refractivity contribution in [1.82, 2.24) is 20.9 Å². The molecule has 4 aliphatic heterocycles. The Hall–Kier alpha value is -6.07. The van der Waals surface area contributed by atoms with Gasteiger partial charge in [-0.3, -0.25) is 39.4 Å². The minimum Gasteiger partial charge on any atom is -0.352 e. The largest absolute Gasteiger partial charge is 0.352 e. The molecular weight excluding hydrogens is 846 g/mol. The number of unbranched alkanes of at least 4 members (excludes halogenated alkanes) is 1. The van der Waals surface area contributed by atoms with Crippen molar-refractivity contribution in [3.63, 3.8) is 0 Å². The van der Waals surface area contributed by atoms with E-state index in [1.54, 1.807) is 54.6 Å². The molecule has 63 heavy (non-hydrogen) atoms. The average molecular weight is 890 g/mol. The maximum atomic E-state index is 16.2. The van der Waals surface area contributed by atoms with Gasteiger partial charge < -0.3 is 20.9 Å². The molecule has 322 valence electrons. The molecule has 0 bridgehead atoms. The van der Waals surface area contributed by atoms with Crippen LogP contribution in [0.4, 0.5) is 15.8 Å². The van der Waals surface area contributed by atoms with Gasteiger partial charge in [-0.05, 0) is 97.0 Å². The number of anilines is 2. The molecule has 2 spiro atoms. The molecule has 9 rings (SSSR count). The normalized spacial score (nSPS) is 23.2. The van der Waals surface area contributed by atoms with Crippen LogP contribution in [0.15, 0.2) is 78.9 Å². The van der Waals surface area contributed by atoms with Crippen molar-refractivity contribution in [1.29, 1.82) is 0 Å². The number of halogens is 3. The molecule has 12 nitrogen and oxygen atoms in total. The molecule has 5 aliphatic rings. The van der Waals surface area contributed by atoms with Gasteiger partial charge in [-0.15, -0.1) is 0 Å². The number of rotatable bonds is 8. The Kier molecular flexibility index (Phi) is 11.3. The van der Waals surface area contributed by atoms with Crippen molar-refractivity contribution in [2.24, 2.45) is 0 Å². The van der Waals surface area contributed by atoms with E-state index in [0.717, 1.165) is 24.8 Å². The van der Waals surface area contributed by atoms with Crippen LogP contribution in [0.2, 0.25) is 10.0 Å². The van der Waals surface area contributed by atoms with E-state index < -0.39 is 46.6 Å². The van der Waals surface area contributed by atoms with E-state index in [1.165, 1.54) is 11.0 Å². The number of carbonyl (C=O) groups is 6. The average Bonchev–Trinajstić information content (AvgIpc) is 3.86. The smallest absolute Gasteiger partial charge is 0.255 e. The molecule has 0 radical (unpaired) electrons. The standard InChI is InChI=1S/C48H43Cl2FN6O6/c49-30-15-18-34-36(25-30)54-46(63)48(34)39(32-9-7-10-35(50)40(32)51)41(56-47(48)21-4-2-5-22-47)44(61)53-31-16-13-28(14-17-31)42(59)52-23-6-1-3-8-27-11-12-29-26-57(45(62)33(29)24-27)37-19-20-38(58)55-43(37)60/h7,9-18,24-25,37,39,41,56H,1-2,4-6,19-23,26H2,(H,52,59)(H,53,61)(H,54,63)(H,55,58,60)/t37?,39-,41+,48+/m0/s1. The molecule has 4 heterocycles. The lowest BCUT2D eigenvalue weighted by Gasteiger charge is -2.47. The monoisotopic (exact) mass is 888 g/mol. The fraction of sp³-hybridized carbons (Fsp3) is 0.333. The molecule has 0 aromatic heterocycles. The number of hydrogen-bond acceptors (Lipinski definition) is 7. The number of nitrogens with one attached hydrogen (secondary N) is 5. The lowest BCUT2D eigenvalue weighted by atomic mass is 9.55. The summed E-state index contributed by atoms with van der Waals surface area (Å²) in [6, 6.07) is 20.0. The number of nitrogens with zero attached hydrogens (tertiary/aromatic N) is 1. The number of hydrogen-bond donors (Lipinski definition) is 5. The zero-order chi connectivity index (χ0) is 44.0. The summed E-state index contributed by atoms with van der Waals surface area (Å²) < 4.78 is 16.2. The summed E-state index contributed by atoms with van der Waals surface area (Å²) >= 11 is 12.8. The van der Waals surface area contributed by atoms with E-state index in [4.69, 9.17) is 23.2 Å². The third-order valence-electron chi connectivity index (χ3n) is 13.2. The third-order valence-corrected chi connectivity index (χ3v) is 13.8. The maximum Gasteiger partial charge on any atom is 0.255 e. The fourth-order valence-electron chi connectivity index (χ4n) is 10.4. The molecule has 1 saturated carbocycles. The Morgan fingerprint density at radius 1 is 0.921 bits per heavy atom. The summed E-state index contributed by atoms with van der Waals surface area (Å²) in [5, 5.41) is 15.2. The minimum atomic E-state index is -1.36. The first-order valence-corrected chi connectivity index (χ1v) is 21.9. The van der Waals surface area contributed by atoms with Crippen molar-refractivity contribution in [3.05, 3.63) is 128 Å². The fourth-order valence-corrected chi connectivity index (χ4v) is 10.8. The number of amides is 6. The molecule has 4 aromatic carbocycles. The van der Waals surface area contributed by atoms with Crippen molar-refractivity contribution in [3.8, 4) is 11.8 Å². The number of carbonyl (C=O) groups excluding carboxylic acids is 6. The summed E-state index contributed by atoms with van der Waals surface area (Å²) in [6.45, 7) is 0.655. The molecule has 6 amide bonds. The van der Waals surface area contributed by atoms with E-state index in [-0.39, 0.29) is 40.6 Å². The molecule has 3 fully saturated rings. The SMILES string of the molecule is O=C1CCC(N2Cc3ccc(C#CCCCNC(=O)c4ccc(NC(=O)[C@@H]5NC6(CCCCC6)[C@@]6(C(=O)Nc7cc(Cl)ccc76)[C@H]5c5cccc(Cl)c5F)cc4)cc3C2=O)C(=O)N1. The number of fused-ring (bicyclic) bond motifs is 4. The van der Waals surface area contributed by atoms with E-state index in [1.807, 2.05) is 18.2 Å². The first-order valence-electron chi connectivity index (χ1n) is 21.2. The second-order valence-electron chi connectivity index (χ2n) is 16.8. The first-order chi connectivity index (χ1) is 30.4. The number of piperidine rings is 1. The Bertz CT molecular complexity index is 2660. The molecule has 1 unspecified atom stereocenters. The first kappa shape index (κ1) is 42.2. The minimum absolute atomic E-state index is 0.112. The Morgan fingerprint density at radius 2 is 1.71 bits per heavy atom. The van der Waals surface area contributed by atoms with Crippen molar-refractivity contribution < 1.29 is 33.2 Å². The van der Waals surface area contributed by atoms with Gasteiger partial charge in [-0.1, -0.05) is 78.6 Å². The lowest BCUT2D eigenvalue weighted by Crippen LogP contribution is -2.60. The summed E-state index contributed by atoms with van der Waals surface area (Å²) in [4.78, 5) is 80.7. The molecule has 5 N–H and O–H groups in total. The van der Waals surface area contributed by atoms with Crippen molar-refractivity contribution in [2.45, 2.75) is 93.3 Å². The topological polar surface area (TPSA) is 166 Å². The van der Waals surface area contributed by atoms with Gasteiger partial charge in [0.1, 0.15) is 17.3 Å². The summed E-state index contributed by atoms with van der Waals surface area (Å²) in [6.07, 6.45) is 5.31. The highest BCUT2D eigenvalue weighted by atomic mass is 35.5. The maximum absolute atomic E-state index is 16.2. The number of benzene rings is 4. The van der Waals surface area contributed by atoms with Gasteiger partial charge in [0.05, 0.1) is 11.1 Å².